The Morgan fingerprint density at radius 3 is 2.50 bits per heavy atom. The lowest BCUT2D eigenvalue weighted by atomic mass is 9.79. The van der Waals surface area contributed by atoms with Gasteiger partial charge in [-0.15, -0.1) is 0 Å². The van der Waals surface area contributed by atoms with Crippen LogP contribution in [0, 0.1) is 17.8 Å². The molecule has 2 amide bonds. The lowest BCUT2D eigenvalue weighted by molar-refractivity contribution is -0.134. The van der Waals surface area contributed by atoms with Gasteiger partial charge in [0.1, 0.15) is 5.69 Å². The molecule has 226 valence electrons. The summed E-state index contributed by atoms with van der Waals surface area (Å²) >= 11 is 0. The molecule has 0 aromatic carbocycles. The second-order valence-corrected chi connectivity index (χ2v) is 11.9. The second-order valence-electron chi connectivity index (χ2n) is 11.9. The Balaban J connectivity index is 1.26. The molecule has 0 bridgehead atoms. The smallest absolute Gasteiger partial charge is 0.270 e. The van der Waals surface area contributed by atoms with E-state index in [1.165, 1.54) is 10.6 Å². The van der Waals surface area contributed by atoms with Crippen LogP contribution in [-0.2, 0) is 11.3 Å². The molecular formula is C29H35F4N7O2. The molecule has 0 unspecified atom stereocenters. The summed E-state index contributed by atoms with van der Waals surface area (Å²) < 4.78 is 95.6. The lowest BCUT2D eigenvalue weighted by Gasteiger charge is -2.34. The third kappa shape index (κ3) is 6.14. The van der Waals surface area contributed by atoms with Gasteiger partial charge in [0.2, 0.25) is 17.8 Å². The van der Waals surface area contributed by atoms with E-state index in [0.29, 0.717) is 21.6 Å². The number of carbonyl (C=O) groups excluding carboxylic acids is 2. The summed E-state index contributed by atoms with van der Waals surface area (Å²) in [5, 5.41) is 13.9. The van der Waals surface area contributed by atoms with Crippen LogP contribution >= 0.6 is 0 Å². The average Bonchev–Trinajstić information content (AvgIpc) is 3.50. The molecule has 3 aromatic rings. The third-order valence-corrected chi connectivity index (χ3v) is 8.60. The number of carbonyl (C=O) groups is 2. The number of fused-ring (bicyclic) bond motifs is 1. The number of aryl methyl sites for hydroxylation is 1. The van der Waals surface area contributed by atoms with E-state index in [0.717, 1.165) is 19.0 Å². The molecule has 13 heteroatoms. The Bertz CT molecular complexity index is 1640. The largest absolute Gasteiger partial charge is 0.349 e. The van der Waals surface area contributed by atoms with Crippen LogP contribution in [0.1, 0.15) is 105 Å². The first-order chi connectivity index (χ1) is 21.9. The summed E-state index contributed by atoms with van der Waals surface area (Å²) in [5.74, 6) is -7.42. The first-order valence-electron chi connectivity index (χ1n) is 16.7. The summed E-state index contributed by atoms with van der Waals surface area (Å²) in [6.07, 6.45) is 4.68. The van der Waals surface area contributed by atoms with Gasteiger partial charge in [-0.05, 0) is 68.0 Å². The van der Waals surface area contributed by atoms with Gasteiger partial charge in [0.15, 0.2) is 5.65 Å². The summed E-state index contributed by atoms with van der Waals surface area (Å²) in [5.41, 5.74) is 0.967. The number of hydrogen-bond acceptors (Lipinski definition) is 5. The number of hydrogen-bond donors (Lipinski definition) is 2. The second kappa shape index (κ2) is 11.0. The summed E-state index contributed by atoms with van der Waals surface area (Å²) in [4.78, 5) is 30.9. The van der Waals surface area contributed by atoms with E-state index < -0.39 is 61.9 Å². The number of nitrogens with one attached hydrogen (secondary N) is 2. The third-order valence-electron chi connectivity index (χ3n) is 8.60. The van der Waals surface area contributed by atoms with Crippen molar-refractivity contribution in [2.75, 3.05) is 0 Å². The minimum atomic E-state index is -3.14. The Kier molecular flexibility index (Phi) is 6.00. The van der Waals surface area contributed by atoms with Crippen LogP contribution in [-0.4, -0.2) is 48.0 Å². The zero-order valence-electron chi connectivity index (χ0n) is 27.7. The van der Waals surface area contributed by atoms with E-state index in [2.05, 4.69) is 25.8 Å². The van der Waals surface area contributed by atoms with Crippen molar-refractivity contribution in [3.63, 3.8) is 0 Å². The number of rotatable bonds is 10. The summed E-state index contributed by atoms with van der Waals surface area (Å²) in [6, 6.07) is 1.59. The predicted molar refractivity (Wildman–Crippen MR) is 144 cm³/mol. The molecule has 0 spiro atoms. The van der Waals surface area contributed by atoms with Gasteiger partial charge in [0.25, 0.3) is 5.91 Å². The van der Waals surface area contributed by atoms with E-state index in [1.54, 1.807) is 18.5 Å². The topological polar surface area (TPSA) is 106 Å². The molecular weight excluding hydrogens is 554 g/mol. The highest BCUT2D eigenvalue weighted by atomic mass is 19.3. The molecule has 3 saturated carbocycles. The first-order valence-corrected chi connectivity index (χ1v) is 14.2. The number of imidazole rings is 1. The Labute approximate surface area is 247 Å². The van der Waals surface area contributed by atoms with Crippen molar-refractivity contribution in [2.24, 2.45) is 17.8 Å². The summed E-state index contributed by atoms with van der Waals surface area (Å²) in [6.45, 7) is -6.15. The Morgan fingerprint density at radius 2 is 1.81 bits per heavy atom. The average molecular weight is 595 g/mol. The standard InChI is InChI=1S/C29H35F4N7O2/c1-2-39-22(7-10-34-39)27(42)38-26(19-5-8-28(30,31)9-6-19)21-16-40-23(36-21)12-20(15-35-40)25(18-3-4-18)37-24(41)11-17-13-29(32,33)14-17/h7,10,12,15-19,25-26H,2-6,8-9,11,13-14H2,1H3,(H,37,41)(H,38,42)/t25-,26+/m1/s1/i1D3,2D2. The van der Waals surface area contributed by atoms with E-state index >= 15 is 0 Å². The Morgan fingerprint density at radius 1 is 1.07 bits per heavy atom. The molecule has 3 aliphatic carbocycles. The Hall–Kier alpha value is -3.51. The SMILES string of the molecule is [2H]C([2H])([2H])C([2H])([2H])n1nccc1C(=O)N[C@H](c1cn2ncc([C@H](NC(=O)CC3CC(F)(F)C3)C3CC3)cc2n1)C1CCC(F)(F)CC1. The highest BCUT2D eigenvalue weighted by Crippen LogP contribution is 2.45. The highest BCUT2D eigenvalue weighted by molar-refractivity contribution is 5.92. The zero-order valence-corrected chi connectivity index (χ0v) is 22.7. The normalized spacial score (nSPS) is 24.3. The minimum Gasteiger partial charge on any atom is -0.349 e. The number of alkyl halides is 4. The molecule has 3 fully saturated rings. The maximum absolute atomic E-state index is 14.1. The van der Waals surface area contributed by atoms with Crippen LogP contribution < -0.4 is 10.6 Å². The lowest BCUT2D eigenvalue weighted by Crippen LogP contribution is -2.39. The van der Waals surface area contributed by atoms with Crippen molar-refractivity contribution in [1.82, 2.24) is 35.0 Å². The predicted octanol–water partition coefficient (Wildman–Crippen LogP) is 5.25. The fourth-order valence-electron chi connectivity index (χ4n) is 6.17. The van der Waals surface area contributed by atoms with Crippen molar-refractivity contribution in [3.05, 3.63) is 47.7 Å². The van der Waals surface area contributed by atoms with Crippen LogP contribution in [0.25, 0.3) is 5.65 Å². The minimum absolute atomic E-state index is 0.0106. The van der Waals surface area contributed by atoms with Crippen LogP contribution in [0.3, 0.4) is 0 Å². The van der Waals surface area contributed by atoms with Gasteiger partial charge in [-0.2, -0.15) is 10.2 Å². The van der Waals surface area contributed by atoms with Crippen LogP contribution in [0.2, 0.25) is 0 Å². The van der Waals surface area contributed by atoms with Crippen molar-refractivity contribution >= 4 is 17.5 Å². The monoisotopic (exact) mass is 594 g/mol. The van der Waals surface area contributed by atoms with E-state index in [1.807, 2.05) is 0 Å². The number of nitrogens with zero attached hydrogens (tertiary/aromatic N) is 5. The van der Waals surface area contributed by atoms with E-state index in [4.69, 9.17) is 6.85 Å². The first kappa shape index (κ1) is 23.0. The maximum atomic E-state index is 14.1. The fraction of sp³-hybridized carbons (Fsp3) is 0.621. The molecule has 0 radical (unpaired) electrons. The van der Waals surface area contributed by atoms with Gasteiger partial charge in [0.05, 0.1) is 32.9 Å². The molecule has 0 saturated heterocycles. The molecule has 3 aliphatic rings. The van der Waals surface area contributed by atoms with E-state index in [-0.39, 0.29) is 55.5 Å². The van der Waals surface area contributed by atoms with Gasteiger partial charge in [-0.25, -0.2) is 27.1 Å². The fourth-order valence-corrected chi connectivity index (χ4v) is 6.17. The van der Waals surface area contributed by atoms with Crippen LogP contribution in [0.4, 0.5) is 17.6 Å². The highest BCUT2D eigenvalue weighted by Gasteiger charge is 2.46. The molecule has 9 nitrogen and oxygen atoms in total. The molecule has 3 aromatic heterocycles. The molecule has 42 heavy (non-hydrogen) atoms. The molecule has 3 heterocycles. The van der Waals surface area contributed by atoms with Crippen molar-refractivity contribution < 1.29 is 34.0 Å². The number of aromatic nitrogens is 5. The van der Waals surface area contributed by atoms with Gasteiger partial charge < -0.3 is 10.6 Å². The zero-order chi connectivity index (χ0) is 33.9. The van der Waals surface area contributed by atoms with Crippen molar-refractivity contribution in [1.29, 1.82) is 0 Å². The van der Waals surface area contributed by atoms with Gasteiger partial charge >= 0.3 is 0 Å². The maximum Gasteiger partial charge on any atom is 0.270 e. The number of halogens is 4. The van der Waals surface area contributed by atoms with Gasteiger partial charge in [-0.3, -0.25) is 14.3 Å². The molecule has 0 aliphatic heterocycles. The molecule has 6 rings (SSSR count). The number of amides is 2. The van der Waals surface area contributed by atoms with Gasteiger partial charge in [-0.1, -0.05) is 0 Å². The molecule has 2 atom stereocenters. The van der Waals surface area contributed by atoms with Crippen molar-refractivity contribution in [3.8, 4) is 0 Å². The van der Waals surface area contributed by atoms with E-state index in [9.17, 15) is 27.2 Å². The van der Waals surface area contributed by atoms with Crippen molar-refractivity contribution in [2.45, 2.75) is 95.1 Å². The van der Waals surface area contributed by atoms with Crippen LogP contribution in [0.5, 0.6) is 0 Å². The quantitative estimate of drug-likeness (QED) is 0.312. The van der Waals surface area contributed by atoms with Crippen LogP contribution in [0.15, 0.2) is 30.7 Å². The summed E-state index contributed by atoms with van der Waals surface area (Å²) in [7, 11) is 0. The molecule has 2 N–H and O–H groups in total. The van der Waals surface area contributed by atoms with Gasteiger partial charge in [0, 0.05) is 48.9 Å².